The summed E-state index contributed by atoms with van der Waals surface area (Å²) < 4.78 is 0.617. The number of carboxylic acids is 1. The van der Waals surface area contributed by atoms with Crippen molar-refractivity contribution in [2.75, 3.05) is 5.32 Å². The monoisotopic (exact) mass is 283 g/mol. The van der Waals surface area contributed by atoms with Crippen LogP contribution < -0.4 is 5.32 Å². The van der Waals surface area contributed by atoms with Crippen LogP contribution in [0.1, 0.15) is 35.2 Å². The van der Waals surface area contributed by atoms with E-state index < -0.39 is 5.97 Å². The van der Waals surface area contributed by atoms with Crippen LogP contribution >= 0.6 is 15.9 Å². The lowest BCUT2D eigenvalue weighted by atomic mass is 9.96. The summed E-state index contributed by atoms with van der Waals surface area (Å²) in [7, 11) is 0. The number of aromatic carboxylic acids is 1. The van der Waals surface area contributed by atoms with Gasteiger partial charge in [0.2, 0.25) is 5.91 Å². The fraction of sp³-hybridized carbons (Fsp3) is 0.273. The number of amides is 1. The summed E-state index contributed by atoms with van der Waals surface area (Å²) >= 11 is 3.27. The number of rotatable bonds is 2. The molecule has 16 heavy (non-hydrogen) atoms. The first-order valence-electron chi connectivity index (χ1n) is 4.92. The molecule has 0 radical (unpaired) electrons. The van der Waals surface area contributed by atoms with Crippen molar-refractivity contribution in [1.29, 1.82) is 0 Å². The average Bonchev–Trinajstić information content (AvgIpc) is 2.54. The summed E-state index contributed by atoms with van der Waals surface area (Å²) in [5.74, 6) is -1.30. The zero-order valence-electron chi connectivity index (χ0n) is 8.58. The molecule has 1 aliphatic rings. The van der Waals surface area contributed by atoms with Gasteiger partial charge < -0.3 is 10.4 Å². The number of benzene rings is 1. The molecule has 1 heterocycles. The van der Waals surface area contributed by atoms with Crippen LogP contribution in [-0.4, -0.2) is 17.0 Å². The second-order valence-corrected chi connectivity index (χ2v) is 4.53. The van der Waals surface area contributed by atoms with Crippen molar-refractivity contribution >= 4 is 33.5 Å². The van der Waals surface area contributed by atoms with Gasteiger partial charge in [-0.05, 0) is 40.0 Å². The molecule has 1 unspecified atom stereocenters. The number of carbonyl (C=O) groups excluding carboxylic acids is 1. The average molecular weight is 284 g/mol. The third kappa shape index (κ3) is 1.61. The van der Waals surface area contributed by atoms with Crippen LogP contribution in [0.15, 0.2) is 16.6 Å². The van der Waals surface area contributed by atoms with Crippen molar-refractivity contribution in [3.63, 3.8) is 0 Å². The van der Waals surface area contributed by atoms with E-state index in [0.717, 1.165) is 5.56 Å². The Hall–Kier alpha value is -1.36. The summed E-state index contributed by atoms with van der Waals surface area (Å²) in [6.07, 6.45) is 0.661. The van der Waals surface area contributed by atoms with Crippen LogP contribution in [-0.2, 0) is 4.79 Å². The Morgan fingerprint density at radius 1 is 1.56 bits per heavy atom. The van der Waals surface area contributed by atoms with E-state index in [2.05, 4.69) is 21.2 Å². The number of carboxylic acid groups (broad SMARTS) is 1. The molecule has 1 aliphatic heterocycles. The first kappa shape index (κ1) is 11.1. The third-order valence-electron chi connectivity index (χ3n) is 2.72. The van der Waals surface area contributed by atoms with E-state index in [9.17, 15) is 9.59 Å². The van der Waals surface area contributed by atoms with Gasteiger partial charge in [0.25, 0.3) is 0 Å². The molecule has 1 aromatic carbocycles. The molecule has 2 N–H and O–H groups in total. The van der Waals surface area contributed by atoms with Crippen molar-refractivity contribution in [1.82, 2.24) is 0 Å². The zero-order chi connectivity index (χ0) is 11.9. The molecule has 0 spiro atoms. The summed E-state index contributed by atoms with van der Waals surface area (Å²) in [5.41, 5.74) is 1.65. The minimum absolute atomic E-state index is 0.0688. The Balaban J connectivity index is 2.59. The Labute approximate surface area is 101 Å². The molecular formula is C11H10BrNO3. The van der Waals surface area contributed by atoms with E-state index in [1.165, 1.54) is 6.07 Å². The van der Waals surface area contributed by atoms with Gasteiger partial charge in [0.1, 0.15) is 0 Å². The Kier molecular flexibility index (Phi) is 2.71. The van der Waals surface area contributed by atoms with E-state index in [4.69, 9.17) is 5.11 Å². The number of fused-ring (bicyclic) bond motifs is 1. The normalized spacial score (nSPS) is 18.1. The fourth-order valence-corrected chi connectivity index (χ4v) is 2.49. The highest BCUT2D eigenvalue weighted by Gasteiger charge is 2.31. The highest BCUT2D eigenvalue weighted by atomic mass is 79.9. The summed E-state index contributed by atoms with van der Waals surface area (Å²) in [6.45, 7) is 1.90. The van der Waals surface area contributed by atoms with Crippen LogP contribution in [0.4, 0.5) is 5.69 Å². The number of carbonyl (C=O) groups is 2. The highest BCUT2D eigenvalue weighted by Crippen LogP contribution is 2.40. The lowest BCUT2D eigenvalue weighted by Crippen LogP contribution is -2.10. The van der Waals surface area contributed by atoms with Gasteiger partial charge in [-0.3, -0.25) is 4.79 Å². The van der Waals surface area contributed by atoms with Crippen LogP contribution in [0.5, 0.6) is 0 Å². The molecule has 0 saturated carbocycles. The smallest absolute Gasteiger partial charge is 0.335 e. The van der Waals surface area contributed by atoms with E-state index >= 15 is 0 Å². The highest BCUT2D eigenvalue weighted by molar-refractivity contribution is 9.10. The van der Waals surface area contributed by atoms with Crippen molar-refractivity contribution in [3.8, 4) is 0 Å². The summed E-state index contributed by atoms with van der Waals surface area (Å²) in [6, 6.07) is 3.06. The molecule has 1 aromatic rings. The van der Waals surface area contributed by atoms with Crippen molar-refractivity contribution in [2.45, 2.75) is 19.3 Å². The predicted octanol–water partition coefficient (Wildman–Crippen LogP) is 2.59. The van der Waals surface area contributed by atoms with E-state index in [1.54, 1.807) is 6.07 Å². The molecule has 0 saturated heterocycles. The van der Waals surface area contributed by atoms with Crippen molar-refractivity contribution < 1.29 is 14.7 Å². The third-order valence-corrected chi connectivity index (χ3v) is 3.34. The van der Waals surface area contributed by atoms with Crippen LogP contribution in [0.2, 0.25) is 0 Å². The molecule has 2 rings (SSSR count). The van der Waals surface area contributed by atoms with E-state index in [-0.39, 0.29) is 17.4 Å². The number of anilines is 1. The first-order chi connectivity index (χ1) is 7.54. The van der Waals surface area contributed by atoms with Crippen LogP contribution in [0.25, 0.3) is 0 Å². The Morgan fingerprint density at radius 2 is 2.25 bits per heavy atom. The topological polar surface area (TPSA) is 66.4 Å². The Bertz CT molecular complexity index is 484. The Morgan fingerprint density at radius 3 is 2.81 bits per heavy atom. The van der Waals surface area contributed by atoms with Gasteiger partial charge in [-0.1, -0.05) is 6.92 Å². The molecule has 4 nitrogen and oxygen atoms in total. The molecule has 1 amide bonds. The van der Waals surface area contributed by atoms with E-state index in [1.807, 2.05) is 6.92 Å². The van der Waals surface area contributed by atoms with Gasteiger partial charge in [0.15, 0.2) is 0 Å². The second kappa shape index (κ2) is 3.90. The maximum Gasteiger partial charge on any atom is 0.335 e. The molecule has 0 aromatic heterocycles. The molecule has 0 fully saturated rings. The predicted molar refractivity (Wildman–Crippen MR) is 62.8 cm³/mol. The number of hydrogen-bond acceptors (Lipinski definition) is 2. The van der Waals surface area contributed by atoms with Crippen LogP contribution in [0, 0.1) is 0 Å². The van der Waals surface area contributed by atoms with Gasteiger partial charge in [-0.25, -0.2) is 4.79 Å². The SMILES string of the molecule is CCC1C(=O)Nc2c(Br)cc(C(=O)O)cc21. The number of nitrogens with one attached hydrogen (secondary N) is 1. The second-order valence-electron chi connectivity index (χ2n) is 3.68. The zero-order valence-corrected chi connectivity index (χ0v) is 10.2. The maximum absolute atomic E-state index is 11.6. The minimum Gasteiger partial charge on any atom is -0.478 e. The molecule has 84 valence electrons. The van der Waals surface area contributed by atoms with E-state index in [0.29, 0.717) is 16.6 Å². The van der Waals surface area contributed by atoms with Crippen molar-refractivity contribution in [2.24, 2.45) is 0 Å². The molecule has 0 bridgehead atoms. The van der Waals surface area contributed by atoms with Gasteiger partial charge in [0, 0.05) is 4.47 Å². The maximum atomic E-state index is 11.6. The minimum atomic E-state index is -0.988. The molecule has 1 atom stereocenters. The van der Waals surface area contributed by atoms with Crippen LogP contribution in [0.3, 0.4) is 0 Å². The summed E-state index contributed by atoms with van der Waals surface area (Å²) in [5, 5.41) is 11.7. The number of hydrogen-bond donors (Lipinski definition) is 2. The quantitative estimate of drug-likeness (QED) is 0.877. The molecular weight excluding hydrogens is 274 g/mol. The summed E-state index contributed by atoms with van der Waals surface area (Å²) in [4.78, 5) is 22.5. The molecule has 0 aliphatic carbocycles. The fourth-order valence-electron chi connectivity index (χ4n) is 1.91. The molecule has 5 heteroatoms. The standard InChI is InChI=1S/C11H10BrNO3/c1-2-6-7-3-5(11(15)16)4-8(12)9(7)13-10(6)14/h3-4,6H,2H2,1H3,(H,13,14)(H,15,16). The number of halogens is 1. The first-order valence-corrected chi connectivity index (χ1v) is 5.71. The van der Waals surface area contributed by atoms with Gasteiger partial charge in [-0.15, -0.1) is 0 Å². The lowest BCUT2D eigenvalue weighted by Gasteiger charge is -2.07. The van der Waals surface area contributed by atoms with Gasteiger partial charge >= 0.3 is 5.97 Å². The van der Waals surface area contributed by atoms with Gasteiger partial charge in [0.05, 0.1) is 17.2 Å². The largest absolute Gasteiger partial charge is 0.478 e. The lowest BCUT2D eigenvalue weighted by molar-refractivity contribution is -0.117. The van der Waals surface area contributed by atoms with Gasteiger partial charge in [-0.2, -0.15) is 0 Å². The van der Waals surface area contributed by atoms with Crippen molar-refractivity contribution in [3.05, 3.63) is 27.7 Å².